The molecule has 1 saturated heterocycles. The highest BCUT2D eigenvalue weighted by Crippen LogP contribution is 2.29. The number of nitrogens with zero attached hydrogens (tertiary/aromatic N) is 1. The summed E-state index contributed by atoms with van der Waals surface area (Å²) >= 11 is 6.02. The van der Waals surface area contributed by atoms with Gasteiger partial charge in [-0.25, -0.2) is 0 Å². The zero-order valence-electron chi connectivity index (χ0n) is 15.2. The fraction of sp³-hybridized carbons (Fsp3) is 0.429. The highest BCUT2D eigenvalue weighted by atomic mass is 35.5. The van der Waals surface area contributed by atoms with E-state index in [1.54, 1.807) is 7.11 Å². The summed E-state index contributed by atoms with van der Waals surface area (Å²) in [6, 6.07) is 13.9. The molecule has 0 aliphatic carbocycles. The Labute approximate surface area is 160 Å². The maximum absolute atomic E-state index is 6.02. The molecule has 0 aromatic heterocycles. The molecule has 0 radical (unpaired) electrons. The number of halogens is 1. The topological polar surface area (TPSA) is 30.9 Å². The van der Waals surface area contributed by atoms with Crippen LogP contribution >= 0.6 is 11.6 Å². The van der Waals surface area contributed by atoms with Crippen LogP contribution in [0.1, 0.15) is 17.5 Å². The SMILES string of the molecule is COc1cc(CCCN2CCOCC2)ccc1OCc1cccc(Cl)c1. The van der Waals surface area contributed by atoms with Gasteiger partial charge < -0.3 is 14.2 Å². The van der Waals surface area contributed by atoms with Crippen LogP contribution in [0.5, 0.6) is 11.5 Å². The molecule has 0 unspecified atom stereocenters. The van der Waals surface area contributed by atoms with Gasteiger partial charge in [-0.05, 0) is 54.8 Å². The minimum absolute atomic E-state index is 0.466. The lowest BCUT2D eigenvalue weighted by Crippen LogP contribution is -2.36. The van der Waals surface area contributed by atoms with Gasteiger partial charge in [0.1, 0.15) is 6.61 Å². The number of ether oxygens (including phenoxy) is 3. The number of methoxy groups -OCH3 is 1. The fourth-order valence-electron chi connectivity index (χ4n) is 3.11. The van der Waals surface area contributed by atoms with Crippen LogP contribution in [0.2, 0.25) is 5.02 Å². The van der Waals surface area contributed by atoms with Crippen LogP contribution in [0.25, 0.3) is 0 Å². The van der Waals surface area contributed by atoms with Crippen molar-refractivity contribution in [2.24, 2.45) is 0 Å². The Morgan fingerprint density at radius 2 is 1.88 bits per heavy atom. The Kier molecular flexibility index (Phi) is 7.18. The van der Waals surface area contributed by atoms with Crippen LogP contribution in [-0.4, -0.2) is 44.9 Å². The molecule has 2 aromatic rings. The van der Waals surface area contributed by atoms with E-state index in [1.165, 1.54) is 5.56 Å². The van der Waals surface area contributed by atoms with Crippen molar-refractivity contribution in [2.75, 3.05) is 40.0 Å². The largest absolute Gasteiger partial charge is 0.493 e. The molecule has 5 heteroatoms. The van der Waals surface area contributed by atoms with E-state index in [2.05, 4.69) is 17.0 Å². The Balaban J connectivity index is 1.53. The first kappa shape index (κ1) is 19.0. The van der Waals surface area contributed by atoms with Gasteiger partial charge in [-0.15, -0.1) is 0 Å². The predicted octanol–water partition coefficient (Wildman–Crippen LogP) is 4.19. The van der Waals surface area contributed by atoms with Crippen molar-refractivity contribution in [1.82, 2.24) is 4.90 Å². The first-order valence-corrected chi connectivity index (χ1v) is 9.46. The normalized spacial score (nSPS) is 15.0. The van der Waals surface area contributed by atoms with Crippen molar-refractivity contribution in [3.05, 3.63) is 58.6 Å². The standard InChI is InChI=1S/C21H26ClNO3/c1-24-21-15-17(5-3-9-23-10-12-25-13-11-23)7-8-20(21)26-16-18-4-2-6-19(22)14-18/h2,4,6-8,14-15H,3,5,9-13,16H2,1H3. The summed E-state index contributed by atoms with van der Waals surface area (Å²) in [6.07, 6.45) is 2.16. The third-order valence-corrected chi connectivity index (χ3v) is 4.79. The molecule has 0 N–H and O–H groups in total. The van der Waals surface area contributed by atoms with E-state index in [-0.39, 0.29) is 0 Å². The highest BCUT2D eigenvalue weighted by Gasteiger charge is 2.10. The van der Waals surface area contributed by atoms with Crippen LogP contribution in [0, 0.1) is 0 Å². The maximum Gasteiger partial charge on any atom is 0.161 e. The van der Waals surface area contributed by atoms with Crippen molar-refractivity contribution < 1.29 is 14.2 Å². The molecule has 3 rings (SSSR count). The van der Waals surface area contributed by atoms with Crippen molar-refractivity contribution in [3.8, 4) is 11.5 Å². The number of rotatable bonds is 8. The lowest BCUT2D eigenvalue weighted by atomic mass is 10.1. The molecule has 0 amide bonds. The van der Waals surface area contributed by atoms with Gasteiger partial charge in [0.25, 0.3) is 0 Å². The summed E-state index contributed by atoms with van der Waals surface area (Å²) in [4.78, 5) is 2.46. The first-order chi connectivity index (χ1) is 12.7. The summed E-state index contributed by atoms with van der Waals surface area (Å²) in [7, 11) is 1.68. The number of hydrogen-bond donors (Lipinski definition) is 0. The van der Waals surface area contributed by atoms with E-state index >= 15 is 0 Å². The number of morpholine rings is 1. The Morgan fingerprint density at radius 3 is 2.65 bits per heavy atom. The highest BCUT2D eigenvalue weighted by molar-refractivity contribution is 6.30. The quantitative estimate of drug-likeness (QED) is 0.692. The van der Waals surface area contributed by atoms with Crippen molar-refractivity contribution >= 4 is 11.6 Å². The summed E-state index contributed by atoms with van der Waals surface area (Å²) in [5.74, 6) is 1.53. The smallest absolute Gasteiger partial charge is 0.161 e. The minimum atomic E-state index is 0.466. The molecule has 2 aromatic carbocycles. The summed E-state index contributed by atoms with van der Waals surface area (Å²) < 4.78 is 16.8. The van der Waals surface area contributed by atoms with Gasteiger partial charge in [-0.3, -0.25) is 4.90 Å². The van der Waals surface area contributed by atoms with Gasteiger partial charge in [0.15, 0.2) is 11.5 Å². The average Bonchev–Trinajstić information content (AvgIpc) is 2.67. The third kappa shape index (κ3) is 5.63. The monoisotopic (exact) mass is 375 g/mol. The predicted molar refractivity (Wildman–Crippen MR) is 104 cm³/mol. The molecular formula is C21H26ClNO3. The van der Waals surface area contributed by atoms with E-state index in [0.29, 0.717) is 11.6 Å². The molecule has 1 aliphatic rings. The molecule has 0 atom stereocenters. The van der Waals surface area contributed by atoms with Crippen LogP contribution in [0.15, 0.2) is 42.5 Å². The second kappa shape index (κ2) is 9.81. The first-order valence-electron chi connectivity index (χ1n) is 9.09. The number of aryl methyl sites for hydroxylation is 1. The van der Waals surface area contributed by atoms with Crippen LogP contribution in [0.3, 0.4) is 0 Å². The van der Waals surface area contributed by atoms with Crippen LogP contribution in [0.4, 0.5) is 0 Å². The molecule has 26 heavy (non-hydrogen) atoms. The average molecular weight is 376 g/mol. The molecular weight excluding hydrogens is 350 g/mol. The molecule has 0 bridgehead atoms. The Bertz CT molecular complexity index is 701. The van der Waals surface area contributed by atoms with Crippen LogP contribution in [-0.2, 0) is 17.8 Å². The lowest BCUT2D eigenvalue weighted by Gasteiger charge is -2.26. The van der Waals surface area contributed by atoms with Crippen molar-refractivity contribution in [3.63, 3.8) is 0 Å². The summed E-state index contributed by atoms with van der Waals surface area (Å²) in [6.45, 7) is 5.37. The van der Waals surface area contributed by atoms with Crippen molar-refractivity contribution in [2.45, 2.75) is 19.4 Å². The second-order valence-electron chi connectivity index (χ2n) is 6.46. The molecule has 4 nitrogen and oxygen atoms in total. The van der Waals surface area contributed by atoms with Gasteiger partial charge in [0, 0.05) is 18.1 Å². The molecule has 1 heterocycles. The Hall–Kier alpha value is -1.75. The van der Waals surface area contributed by atoms with Gasteiger partial charge in [0.05, 0.1) is 20.3 Å². The van der Waals surface area contributed by atoms with E-state index < -0.39 is 0 Å². The van der Waals surface area contributed by atoms with E-state index in [1.807, 2.05) is 30.3 Å². The molecule has 0 spiro atoms. The lowest BCUT2D eigenvalue weighted by molar-refractivity contribution is 0.0374. The minimum Gasteiger partial charge on any atom is -0.493 e. The maximum atomic E-state index is 6.02. The third-order valence-electron chi connectivity index (χ3n) is 4.55. The van der Waals surface area contributed by atoms with E-state index in [0.717, 1.165) is 62.8 Å². The molecule has 0 saturated carbocycles. The molecule has 140 valence electrons. The summed E-state index contributed by atoms with van der Waals surface area (Å²) in [5.41, 5.74) is 2.30. The van der Waals surface area contributed by atoms with Crippen molar-refractivity contribution in [1.29, 1.82) is 0 Å². The van der Waals surface area contributed by atoms with E-state index in [4.69, 9.17) is 25.8 Å². The van der Waals surface area contributed by atoms with Gasteiger partial charge >= 0.3 is 0 Å². The number of hydrogen-bond acceptors (Lipinski definition) is 4. The number of benzene rings is 2. The van der Waals surface area contributed by atoms with Gasteiger partial charge in [-0.1, -0.05) is 29.8 Å². The van der Waals surface area contributed by atoms with Gasteiger partial charge in [0.2, 0.25) is 0 Å². The second-order valence-corrected chi connectivity index (χ2v) is 6.90. The zero-order chi connectivity index (χ0) is 18.2. The Morgan fingerprint density at radius 1 is 1.04 bits per heavy atom. The molecule has 1 aliphatic heterocycles. The summed E-state index contributed by atoms with van der Waals surface area (Å²) in [5, 5.41) is 0.716. The van der Waals surface area contributed by atoms with E-state index in [9.17, 15) is 0 Å². The molecule has 1 fully saturated rings. The van der Waals surface area contributed by atoms with Gasteiger partial charge in [-0.2, -0.15) is 0 Å². The van der Waals surface area contributed by atoms with Crippen LogP contribution < -0.4 is 9.47 Å². The fourth-order valence-corrected chi connectivity index (χ4v) is 3.32. The zero-order valence-corrected chi connectivity index (χ0v) is 16.0.